The summed E-state index contributed by atoms with van der Waals surface area (Å²) in [6, 6.07) is 0. The molecule has 2 fully saturated rings. The van der Waals surface area contributed by atoms with Gasteiger partial charge >= 0.3 is 0 Å². The minimum Gasteiger partial charge on any atom is -0.329 e. The maximum Gasteiger partial charge on any atom is 0.164 e. The monoisotopic (exact) mass is 264 g/mol. The molecule has 0 spiro atoms. The molecule has 1 aliphatic heterocycles. The SMILES string of the molecule is CS(=O)(=O)C1CSCCN1C1(CN)CCC1. The van der Waals surface area contributed by atoms with Crippen molar-refractivity contribution in [2.24, 2.45) is 5.73 Å². The minimum atomic E-state index is -2.99. The van der Waals surface area contributed by atoms with Gasteiger partial charge < -0.3 is 5.73 Å². The molecule has 94 valence electrons. The summed E-state index contributed by atoms with van der Waals surface area (Å²) < 4.78 is 23.6. The van der Waals surface area contributed by atoms with Crippen molar-refractivity contribution in [2.45, 2.75) is 30.2 Å². The van der Waals surface area contributed by atoms with E-state index in [1.54, 1.807) is 11.8 Å². The molecule has 1 atom stereocenters. The van der Waals surface area contributed by atoms with E-state index < -0.39 is 9.84 Å². The molecule has 0 radical (unpaired) electrons. The van der Waals surface area contributed by atoms with Crippen LogP contribution in [0.15, 0.2) is 0 Å². The van der Waals surface area contributed by atoms with Crippen LogP contribution in [-0.2, 0) is 9.84 Å². The molecule has 6 heteroatoms. The van der Waals surface area contributed by atoms with Crippen LogP contribution in [0.5, 0.6) is 0 Å². The van der Waals surface area contributed by atoms with Crippen molar-refractivity contribution in [1.82, 2.24) is 4.90 Å². The van der Waals surface area contributed by atoms with Crippen molar-refractivity contribution < 1.29 is 8.42 Å². The Morgan fingerprint density at radius 3 is 2.62 bits per heavy atom. The number of nitrogens with two attached hydrogens (primary N) is 1. The Balaban J connectivity index is 2.22. The number of thioether (sulfide) groups is 1. The molecule has 1 heterocycles. The number of hydrogen-bond donors (Lipinski definition) is 1. The second kappa shape index (κ2) is 4.48. The lowest BCUT2D eigenvalue weighted by molar-refractivity contribution is 0.0200. The second-order valence-electron chi connectivity index (χ2n) is 4.83. The second-order valence-corrected chi connectivity index (χ2v) is 8.19. The molecular weight excluding hydrogens is 244 g/mol. The molecule has 4 nitrogen and oxygen atoms in total. The van der Waals surface area contributed by atoms with Crippen molar-refractivity contribution in [3.8, 4) is 0 Å². The number of nitrogens with zero attached hydrogens (tertiary/aromatic N) is 1. The average Bonchev–Trinajstić information content (AvgIpc) is 2.16. The molecule has 1 aliphatic carbocycles. The van der Waals surface area contributed by atoms with Crippen molar-refractivity contribution in [3.63, 3.8) is 0 Å². The van der Waals surface area contributed by atoms with E-state index in [0.717, 1.165) is 25.1 Å². The van der Waals surface area contributed by atoms with E-state index in [1.165, 1.54) is 12.7 Å². The lowest BCUT2D eigenvalue weighted by Crippen LogP contribution is -2.65. The van der Waals surface area contributed by atoms with Gasteiger partial charge in [0.25, 0.3) is 0 Å². The largest absolute Gasteiger partial charge is 0.329 e. The summed E-state index contributed by atoms with van der Waals surface area (Å²) in [4.78, 5) is 2.17. The highest BCUT2D eigenvalue weighted by molar-refractivity contribution is 8.00. The van der Waals surface area contributed by atoms with Crippen LogP contribution in [0.4, 0.5) is 0 Å². The Labute approximate surface area is 102 Å². The summed E-state index contributed by atoms with van der Waals surface area (Å²) in [5, 5.41) is -0.324. The smallest absolute Gasteiger partial charge is 0.164 e. The molecule has 16 heavy (non-hydrogen) atoms. The molecule has 1 unspecified atom stereocenters. The standard InChI is InChI=1S/C10H20N2O2S2/c1-16(13,14)9-7-15-6-5-12(9)10(8-11)3-2-4-10/h9H,2-8,11H2,1H3. The molecule has 0 aromatic rings. The first-order valence-corrected chi connectivity index (χ1v) is 8.84. The van der Waals surface area contributed by atoms with Gasteiger partial charge in [-0.05, 0) is 19.3 Å². The van der Waals surface area contributed by atoms with Gasteiger partial charge in [-0.15, -0.1) is 0 Å². The predicted octanol–water partition coefficient (Wildman–Crippen LogP) is 0.287. The van der Waals surface area contributed by atoms with Crippen LogP contribution in [0.3, 0.4) is 0 Å². The third-order valence-electron chi connectivity index (χ3n) is 3.85. The zero-order chi connectivity index (χ0) is 11.8. The van der Waals surface area contributed by atoms with Gasteiger partial charge in [0.15, 0.2) is 9.84 Å². The molecule has 0 aromatic carbocycles. The zero-order valence-electron chi connectivity index (χ0n) is 9.68. The first-order chi connectivity index (χ1) is 7.49. The Hall–Kier alpha value is 0.220. The Morgan fingerprint density at radius 1 is 1.50 bits per heavy atom. The maximum absolute atomic E-state index is 11.8. The molecule has 0 aromatic heterocycles. The third kappa shape index (κ3) is 2.12. The Kier molecular flexibility index (Phi) is 3.55. The van der Waals surface area contributed by atoms with Crippen molar-refractivity contribution in [2.75, 3.05) is 30.9 Å². The number of sulfone groups is 1. The Bertz CT molecular complexity index is 346. The van der Waals surface area contributed by atoms with Gasteiger partial charge in [0.05, 0.1) is 0 Å². The predicted molar refractivity (Wildman–Crippen MR) is 68.3 cm³/mol. The highest BCUT2D eigenvalue weighted by Gasteiger charge is 2.47. The summed E-state index contributed by atoms with van der Waals surface area (Å²) in [6.07, 6.45) is 4.64. The van der Waals surface area contributed by atoms with Gasteiger partial charge in [-0.25, -0.2) is 8.42 Å². The van der Waals surface area contributed by atoms with Gasteiger partial charge in [-0.1, -0.05) is 0 Å². The highest BCUT2D eigenvalue weighted by atomic mass is 32.2. The molecule has 2 aliphatic rings. The normalized spacial score (nSPS) is 31.0. The van der Waals surface area contributed by atoms with Crippen molar-refractivity contribution >= 4 is 21.6 Å². The molecule has 1 saturated heterocycles. The number of rotatable bonds is 3. The van der Waals surface area contributed by atoms with E-state index in [0.29, 0.717) is 12.3 Å². The van der Waals surface area contributed by atoms with E-state index in [-0.39, 0.29) is 10.9 Å². The van der Waals surface area contributed by atoms with Crippen LogP contribution < -0.4 is 5.73 Å². The quantitative estimate of drug-likeness (QED) is 0.793. The molecule has 2 rings (SSSR count). The van der Waals surface area contributed by atoms with Crippen molar-refractivity contribution in [3.05, 3.63) is 0 Å². The fraction of sp³-hybridized carbons (Fsp3) is 1.00. The van der Waals surface area contributed by atoms with Crippen LogP contribution in [0.2, 0.25) is 0 Å². The van der Waals surface area contributed by atoms with E-state index >= 15 is 0 Å². The van der Waals surface area contributed by atoms with Gasteiger partial charge in [0.2, 0.25) is 0 Å². The molecule has 2 N–H and O–H groups in total. The van der Waals surface area contributed by atoms with Crippen molar-refractivity contribution in [1.29, 1.82) is 0 Å². The summed E-state index contributed by atoms with van der Waals surface area (Å²) >= 11 is 1.73. The first-order valence-electron chi connectivity index (χ1n) is 5.73. The fourth-order valence-electron chi connectivity index (χ4n) is 2.67. The van der Waals surface area contributed by atoms with E-state index in [1.807, 2.05) is 0 Å². The average molecular weight is 264 g/mol. The van der Waals surface area contributed by atoms with E-state index in [2.05, 4.69) is 4.90 Å². The van der Waals surface area contributed by atoms with Crippen LogP contribution in [0.25, 0.3) is 0 Å². The van der Waals surface area contributed by atoms with Crippen LogP contribution in [0, 0.1) is 0 Å². The summed E-state index contributed by atoms with van der Waals surface area (Å²) in [7, 11) is -2.99. The summed E-state index contributed by atoms with van der Waals surface area (Å²) in [5.74, 6) is 1.72. The van der Waals surface area contributed by atoms with Gasteiger partial charge in [-0.2, -0.15) is 11.8 Å². The minimum absolute atomic E-state index is 0.0191. The van der Waals surface area contributed by atoms with E-state index in [4.69, 9.17) is 5.73 Å². The fourth-order valence-corrected chi connectivity index (χ4v) is 5.61. The van der Waals surface area contributed by atoms with Crippen LogP contribution >= 0.6 is 11.8 Å². The summed E-state index contributed by atoms with van der Waals surface area (Å²) in [6.45, 7) is 1.45. The maximum atomic E-state index is 11.8. The number of hydrogen-bond acceptors (Lipinski definition) is 5. The van der Waals surface area contributed by atoms with Gasteiger partial charge in [-0.3, -0.25) is 4.90 Å². The summed E-state index contributed by atoms with van der Waals surface area (Å²) in [5.41, 5.74) is 5.84. The topological polar surface area (TPSA) is 63.4 Å². The molecule has 0 amide bonds. The lowest BCUT2D eigenvalue weighted by atomic mass is 9.75. The van der Waals surface area contributed by atoms with Crippen LogP contribution in [0.1, 0.15) is 19.3 Å². The molecule has 1 saturated carbocycles. The zero-order valence-corrected chi connectivity index (χ0v) is 11.3. The first kappa shape index (κ1) is 12.7. The highest BCUT2D eigenvalue weighted by Crippen LogP contribution is 2.40. The Morgan fingerprint density at radius 2 is 2.19 bits per heavy atom. The third-order valence-corrected chi connectivity index (χ3v) is 6.50. The lowest BCUT2D eigenvalue weighted by Gasteiger charge is -2.53. The van der Waals surface area contributed by atoms with Gasteiger partial charge in [0, 0.05) is 36.4 Å². The molecule has 0 bridgehead atoms. The molecular formula is C10H20N2O2S2. The van der Waals surface area contributed by atoms with Crippen LogP contribution in [-0.4, -0.2) is 55.1 Å². The van der Waals surface area contributed by atoms with E-state index in [9.17, 15) is 8.42 Å². The van der Waals surface area contributed by atoms with Gasteiger partial charge in [0.1, 0.15) is 5.37 Å².